The Morgan fingerprint density at radius 3 is 2.65 bits per heavy atom. The minimum Gasteiger partial charge on any atom is -0.370 e. The number of rotatable bonds is 3. The zero-order valence-electron chi connectivity index (χ0n) is 13.0. The third-order valence-electron chi connectivity index (χ3n) is 4.27. The molecule has 0 aromatic heterocycles. The molecule has 3 nitrogen and oxygen atoms in total. The van der Waals surface area contributed by atoms with Gasteiger partial charge in [0.05, 0.1) is 0 Å². The van der Waals surface area contributed by atoms with Crippen molar-refractivity contribution < 1.29 is 4.39 Å². The summed E-state index contributed by atoms with van der Waals surface area (Å²) in [6, 6.07) is 3.85. The first kappa shape index (κ1) is 15.3. The second-order valence-corrected chi connectivity index (χ2v) is 5.81. The van der Waals surface area contributed by atoms with Gasteiger partial charge in [-0.2, -0.15) is 0 Å². The number of nitrogens with zero attached hydrogens (tertiary/aromatic N) is 2. The quantitative estimate of drug-likeness (QED) is 0.917. The highest BCUT2D eigenvalue weighted by molar-refractivity contribution is 5.57. The van der Waals surface area contributed by atoms with Gasteiger partial charge in [0, 0.05) is 31.4 Å². The topological polar surface area (TPSA) is 18.5 Å². The molecule has 1 fully saturated rings. The molecule has 1 saturated heterocycles. The van der Waals surface area contributed by atoms with Gasteiger partial charge in [-0.1, -0.05) is 0 Å². The van der Waals surface area contributed by atoms with Gasteiger partial charge in [-0.15, -0.1) is 0 Å². The molecule has 1 aromatic rings. The maximum atomic E-state index is 13.9. The van der Waals surface area contributed by atoms with Gasteiger partial charge >= 0.3 is 0 Å². The van der Waals surface area contributed by atoms with Gasteiger partial charge in [0.2, 0.25) is 0 Å². The lowest BCUT2D eigenvalue weighted by atomic mass is 10.0. The van der Waals surface area contributed by atoms with Crippen LogP contribution in [0.5, 0.6) is 0 Å². The number of benzene rings is 1. The summed E-state index contributed by atoms with van der Waals surface area (Å²) in [6.07, 6.45) is 1.15. The maximum Gasteiger partial charge on any atom is 0.126 e. The van der Waals surface area contributed by atoms with E-state index >= 15 is 0 Å². The standard InChI is InChI=1S/C16H26FN3/c1-12-10-16(14(11-15(12)17)13(2)18-3)20-7-5-6-19(4)8-9-20/h10-11,13,18H,5-9H2,1-4H3. The second-order valence-electron chi connectivity index (χ2n) is 5.81. The predicted octanol–water partition coefficient (Wildman–Crippen LogP) is 2.56. The molecule has 0 bridgehead atoms. The minimum absolute atomic E-state index is 0.113. The van der Waals surface area contributed by atoms with Crippen LogP contribution in [-0.4, -0.2) is 45.2 Å². The monoisotopic (exact) mass is 279 g/mol. The SMILES string of the molecule is CNC(C)c1cc(F)c(C)cc1N1CCCN(C)CC1. The molecule has 0 radical (unpaired) electrons. The summed E-state index contributed by atoms with van der Waals surface area (Å²) in [6.45, 7) is 8.16. The van der Waals surface area contributed by atoms with Crippen molar-refractivity contribution in [3.63, 3.8) is 0 Å². The van der Waals surface area contributed by atoms with Crippen LogP contribution in [-0.2, 0) is 0 Å². The molecule has 1 atom stereocenters. The van der Waals surface area contributed by atoms with Crippen molar-refractivity contribution in [1.29, 1.82) is 0 Å². The smallest absolute Gasteiger partial charge is 0.126 e. The number of halogens is 1. The summed E-state index contributed by atoms with van der Waals surface area (Å²) in [5.74, 6) is -0.113. The zero-order valence-corrected chi connectivity index (χ0v) is 13.0. The van der Waals surface area contributed by atoms with Crippen molar-refractivity contribution in [3.8, 4) is 0 Å². The van der Waals surface area contributed by atoms with Crippen molar-refractivity contribution >= 4 is 5.69 Å². The van der Waals surface area contributed by atoms with E-state index in [2.05, 4.69) is 29.1 Å². The average molecular weight is 279 g/mol. The molecule has 0 saturated carbocycles. The predicted molar refractivity (Wildman–Crippen MR) is 82.9 cm³/mol. The maximum absolute atomic E-state index is 13.9. The van der Waals surface area contributed by atoms with E-state index in [9.17, 15) is 4.39 Å². The van der Waals surface area contributed by atoms with Gasteiger partial charge in [0.25, 0.3) is 0 Å². The average Bonchev–Trinajstić information content (AvgIpc) is 2.65. The van der Waals surface area contributed by atoms with E-state index in [1.165, 1.54) is 5.69 Å². The van der Waals surface area contributed by atoms with Crippen LogP contribution >= 0.6 is 0 Å². The fourth-order valence-electron chi connectivity index (χ4n) is 2.75. The van der Waals surface area contributed by atoms with Crippen LogP contribution in [0.15, 0.2) is 12.1 Å². The molecule has 2 rings (SSSR count). The van der Waals surface area contributed by atoms with E-state index < -0.39 is 0 Å². The molecule has 1 heterocycles. The Morgan fingerprint density at radius 1 is 1.20 bits per heavy atom. The molecule has 20 heavy (non-hydrogen) atoms. The molecular weight excluding hydrogens is 253 g/mol. The normalized spacial score (nSPS) is 18.9. The summed E-state index contributed by atoms with van der Waals surface area (Å²) in [5, 5.41) is 3.23. The molecule has 1 aliphatic rings. The molecule has 0 amide bonds. The largest absolute Gasteiger partial charge is 0.370 e. The van der Waals surface area contributed by atoms with Crippen LogP contribution in [0.25, 0.3) is 0 Å². The Hall–Kier alpha value is -1.13. The first-order valence-corrected chi connectivity index (χ1v) is 7.43. The number of anilines is 1. The number of aryl methyl sites for hydroxylation is 1. The number of likely N-dealkylation sites (N-methyl/N-ethyl adjacent to an activating group) is 1. The highest BCUT2D eigenvalue weighted by Gasteiger charge is 2.19. The molecule has 1 unspecified atom stereocenters. The molecule has 1 aromatic carbocycles. The van der Waals surface area contributed by atoms with Crippen LogP contribution < -0.4 is 10.2 Å². The van der Waals surface area contributed by atoms with Crippen molar-refractivity contribution in [2.24, 2.45) is 0 Å². The first-order chi connectivity index (χ1) is 9.52. The van der Waals surface area contributed by atoms with Crippen molar-refractivity contribution in [3.05, 3.63) is 29.1 Å². The van der Waals surface area contributed by atoms with Crippen LogP contribution in [0.4, 0.5) is 10.1 Å². The molecule has 112 valence electrons. The van der Waals surface area contributed by atoms with Crippen LogP contribution in [0.1, 0.15) is 30.5 Å². The minimum atomic E-state index is -0.113. The fraction of sp³-hybridized carbons (Fsp3) is 0.625. The summed E-state index contributed by atoms with van der Waals surface area (Å²) in [7, 11) is 4.08. The Bertz CT molecular complexity index is 461. The van der Waals surface area contributed by atoms with Gasteiger partial charge < -0.3 is 15.1 Å². The van der Waals surface area contributed by atoms with E-state index in [4.69, 9.17) is 0 Å². The van der Waals surface area contributed by atoms with Gasteiger partial charge in [0.1, 0.15) is 5.82 Å². The summed E-state index contributed by atoms with van der Waals surface area (Å²) in [4.78, 5) is 4.76. The van der Waals surface area contributed by atoms with E-state index in [-0.39, 0.29) is 11.9 Å². The summed E-state index contributed by atoms with van der Waals surface area (Å²) in [5.41, 5.74) is 2.96. The van der Waals surface area contributed by atoms with Crippen molar-refractivity contribution in [2.45, 2.75) is 26.3 Å². The highest BCUT2D eigenvalue weighted by Crippen LogP contribution is 2.30. The Morgan fingerprint density at radius 2 is 1.95 bits per heavy atom. The van der Waals surface area contributed by atoms with Gasteiger partial charge in [0.15, 0.2) is 0 Å². The Labute approximate surface area is 121 Å². The van der Waals surface area contributed by atoms with Gasteiger partial charge in [-0.25, -0.2) is 4.39 Å². The van der Waals surface area contributed by atoms with E-state index in [1.807, 2.05) is 20.0 Å². The van der Waals surface area contributed by atoms with Gasteiger partial charge in [-0.05, 0) is 64.2 Å². The molecule has 4 heteroatoms. The first-order valence-electron chi connectivity index (χ1n) is 7.43. The Kier molecular flexibility index (Phi) is 5.00. The van der Waals surface area contributed by atoms with E-state index in [0.29, 0.717) is 0 Å². The molecule has 0 aliphatic carbocycles. The summed E-state index contributed by atoms with van der Waals surface area (Å²) >= 11 is 0. The van der Waals surface area contributed by atoms with Gasteiger partial charge in [-0.3, -0.25) is 0 Å². The molecular formula is C16H26FN3. The zero-order chi connectivity index (χ0) is 14.7. The summed E-state index contributed by atoms with van der Waals surface area (Å²) < 4.78 is 13.9. The highest BCUT2D eigenvalue weighted by atomic mass is 19.1. The molecule has 0 spiro atoms. The lowest BCUT2D eigenvalue weighted by molar-refractivity contribution is 0.360. The Balaban J connectivity index is 2.35. The lowest BCUT2D eigenvalue weighted by Crippen LogP contribution is -2.30. The van der Waals surface area contributed by atoms with Crippen LogP contribution in [0, 0.1) is 12.7 Å². The van der Waals surface area contributed by atoms with E-state index in [0.717, 1.165) is 43.7 Å². The fourth-order valence-corrected chi connectivity index (χ4v) is 2.75. The third-order valence-corrected chi connectivity index (χ3v) is 4.27. The van der Waals surface area contributed by atoms with Crippen molar-refractivity contribution in [1.82, 2.24) is 10.2 Å². The third kappa shape index (κ3) is 3.30. The number of nitrogens with one attached hydrogen (secondary N) is 1. The van der Waals surface area contributed by atoms with E-state index in [1.54, 1.807) is 6.07 Å². The van der Waals surface area contributed by atoms with Crippen LogP contribution in [0.3, 0.4) is 0 Å². The van der Waals surface area contributed by atoms with Crippen molar-refractivity contribution in [2.75, 3.05) is 45.2 Å². The lowest BCUT2D eigenvalue weighted by Gasteiger charge is -2.28. The molecule has 1 N–H and O–H groups in total. The molecule has 1 aliphatic heterocycles. The van der Waals surface area contributed by atoms with Crippen LogP contribution in [0.2, 0.25) is 0 Å². The number of hydrogen-bond donors (Lipinski definition) is 1. The second kappa shape index (κ2) is 6.55. The number of hydrogen-bond acceptors (Lipinski definition) is 3.